The quantitative estimate of drug-likeness (QED) is 0.633. The molecule has 0 N–H and O–H groups in total. The summed E-state index contributed by atoms with van der Waals surface area (Å²) in [6.07, 6.45) is 1.72. The van der Waals surface area contributed by atoms with Crippen molar-refractivity contribution in [1.29, 1.82) is 0 Å². The molecule has 2 rings (SSSR count). The van der Waals surface area contributed by atoms with Crippen molar-refractivity contribution < 1.29 is 4.79 Å². The van der Waals surface area contributed by atoms with Crippen LogP contribution in [0.3, 0.4) is 0 Å². The maximum Gasteiger partial charge on any atom is 0.180 e. The number of ketones is 1. The number of carbonyl (C=O) groups excluding carboxylic acids is 1. The Morgan fingerprint density at radius 2 is 2.00 bits per heavy atom. The fraction of sp³-hybridized carbons (Fsp3) is 0.200. The number of hydrogen-bond acceptors (Lipinski definition) is 2. The molecule has 2 nitrogen and oxygen atoms in total. The van der Waals surface area contributed by atoms with Crippen LogP contribution in [0.2, 0.25) is 0 Å². The Morgan fingerprint density at radius 3 is 2.67 bits per heavy atom. The normalized spacial score (nSPS) is 12.2. The summed E-state index contributed by atoms with van der Waals surface area (Å²) in [6.45, 7) is 3.90. The van der Waals surface area contributed by atoms with Gasteiger partial charge in [-0.1, -0.05) is 39.7 Å². The van der Waals surface area contributed by atoms with E-state index >= 15 is 0 Å². The zero-order chi connectivity index (χ0) is 13.1. The molecule has 0 amide bonds. The molecule has 0 saturated carbocycles. The topological polar surface area (TPSA) is 30.0 Å². The van der Waals surface area contributed by atoms with E-state index in [-0.39, 0.29) is 10.6 Å². The summed E-state index contributed by atoms with van der Waals surface area (Å²) in [4.78, 5) is 16.2. The lowest BCUT2D eigenvalue weighted by Crippen LogP contribution is -2.07. The highest BCUT2D eigenvalue weighted by Gasteiger charge is 2.19. The summed E-state index contributed by atoms with van der Waals surface area (Å²) >= 11 is 3.47. The largest absolute Gasteiger partial charge is 0.293 e. The van der Waals surface area contributed by atoms with Crippen molar-refractivity contribution in [3.05, 3.63) is 65.0 Å². The minimum absolute atomic E-state index is 0.0734. The number of nitrogens with zero attached hydrogens (tertiary/aromatic N) is 1. The molecule has 18 heavy (non-hydrogen) atoms. The maximum atomic E-state index is 12.3. The molecule has 3 heteroatoms. The number of pyridine rings is 1. The molecule has 0 unspecified atom stereocenters. The van der Waals surface area contributed by atoms with Gasteiger partial charge in [-0.3, -0.25) is 9.78 Å². The highest BCUT2D eigenvalue weighted by atomic mass is 79.9. The standard InChI is InChI=1S/C15H14BrNO/c1-10-4-3-5-13(8-10)15(18)14(16)12-6-7-17-11(2)9-12/h3-9,14H,1-2H3/t14-/m1/s1. The van der Waals surface area contributed by atoms with Gasteiger partial charge in [0.25, 0.3) is 0 Å². The minimum Gasteiger partial charge on any atom is -0.293 e. The molecule has 0 aliphatic heterocycles. The molecule has 1 heterocycles. The molecule has 2 aromatic rings. The number of benzene rings is 1. The van der Waals surface area contributed by atoms with Crippen LogP contribution in [0.4, 0.5) is 0 Å². The minimum atomic E-state index is -0.319. The van der Waals surface area contributed by atoms with Crippen LogP contribution in [0.1, 0.15) is 32.0 Å². The van der Waals surface area contributed by atoms with Gasteiger partial charge in [-0.15, -0.1) is 0 Å². The third-order valence-corrected chi connectivity index (χ3v) is 3.69. The van der Waals surface area contributed by atoms with Crippen LogP contribution >= 0.6 is 15.9 Å². The van der Waals surface area contributed by atoms with Gasteiger partial charge in [-0.05, 0) is 37.6 Å². The first-order valence-corrected chi connectivity index (χ1v) is 6.67. The molecular weight excluding hydrogens is 290 g/mol. The zero-order valence-electron chi connectivity index (χ0n) is 10.4. The fourth-order valence-corrected chi connectivity index (χ4v) is 2.37. The maximum absolute atomic E-state index is 12.3. The van der Waals surface area contributed by atoms with Crippen molar-refractivity contribution in [2.75, 3.05) is 0 Å². The Labute approximate surface area is 115 Å². The van der Waals surface area contributed by atoms with E-state index in [9.17, 15) is 4.79 Å². The van der Waals surface area contributed by atoms with E-state index in [1.807, 2.05) is 50.2 Å². The summed E-state index contributed by atoms with van der Waals surface area (Å²) in [7, 11) is 0. The van der Waals surface area contributed by atoms with Crippen molar-refractivity contribution in [3.63, 3.8) is 0 Å². The van der Waals surface area contributed by atoms with Gasteiger partial charge in [0, 0.05) is 17.5 Å². The van der Waals surface area contributed by atoms with Crippen LogP contribution in [-0.4, -0.2) is 10.8 Å². The van der Waals surface area contributed by atoms with Crippen LogP contribution in [-0.2, 0) is 0 Å². The molecule has 1 aromatic carbocycles. The molecule has 0 aliphatic rings. The number of aryl methyl sites for hydroxylation is 2. The molecule has 0 bridgehead atoms. The summed E-state index contributed by atoms with van der Waals surface area (Å²) in [5.74, 6) is 0.0734. The first-order chi connectivity index (χ1) is 8.58. The van der Waals surface area contributed by atoms with Gasteiger partial charge in [-0.2, -0.15) is 0 Å². The van der Waals surface area contributed by atoms with Gasteiger partial charge in [0.05, 0.1) is 0 Å². The Kier molecular flexibility index (Phi) is 3.92. The second-order valence-corrected chi connectivity index (χ2v) is 5.24. The lowest BCUT2D eigenvalue weighted by Gasteiger charge is -2.10. The van der Waals surface area contributed by atoms with Crippen molar-refractivity contribution >= 4 is 21.7 Å². The average molecular weight is 304 g/mol. The molecule has 0 aliphatic carbocycles. The summed E-state index contributed by atoms with van der Waals surface area (Å²) < 4.78 is 0. The third kappa shape index (κ3) is 2.85. The number of Topliss-reactive ketones (excluding diaryl/α,β-unsaturated/α-hetero) is 1. The number of alkyl halides is 1. The lowest BCUT2D eigenvalue weighted by atomic mass is 10.0. The first kappa shape index (κ1) is 13.0. The smallest absolute Gasteiger partial charge is 0.180 e. The van der Waals surface area contributed by atoms with Crippen LogP contribution in [0.25, 0.3) is 0 Å². The molecule has 0 fully saturated rings. The number of halogens is 1. The molecule has 0 saturated heterocycles. The van der Waals surface area contributed by atoms with Gasteiger partial charge in [0.15, 0.2) is 5.78 Å². The van der Waals surface area contributed by atoms with Gasteiger partial charge in [0.2, 0.25) is 0 Å². The molecule has 1 atom stereocenters. The zero-order valence-corrected chi connectivity index (χ0v) is 11.9. The third-order valence-electron chi connectivity index (χ3n) is 2.75. The summed E-state index contributed by atoms with van der Waals surface area (Å²) in [5, 5.41) is 0. The molecular formula is C15H14BrNO. The monoisotopic (exact) mass is 303 g/mol. The van der Waals surface area contributed by atoms with Crippen LogP contribution in [0, 0.1) is 13.8 Å². The number of hydrogen-bond donors (Lipinski definition) is 0. The predicted molar refractivity (Wildman–Crippen MR) is 76.2 cm³/mol. The van der Waals surface area contributed by atoms with E-state index < -0.39 is 0 Å². The van der Waals surface area contributed by atoms with Gasteiger partial charge < -0.3 is 0 Å². The summed E-state index contributed by atoms with van der Waals surface area (Å²) in [5.41, 5.74) is 3.67. The van der Waals surface area contributed by atoms with E-state index in [2.05, 4.69) is 20.9 Å². The van der Waals surface area contributed by atoms with E-state index in [0.717, 1.165) is 22.4 Å². The fourth-order valence-electron chi connectivity index (χ4n) is 1.82. The van der Waals surface area contributed by atoms with E-state index in [1.54, 1.807) is 6.20 Å². The second kappa shape index (κ2) is 5.44. The van der Waals surface area contributed by atoms with Crippen molar-refractivity contribution in [1.82, 2.24) is 4.98 Å². The van der Waals surface area contributed by atoms with Gasteiger partial charge in [0.1, 0.15) is 4.83 Å². The van der Waals surface area contributed by atoms with Gasteiger partial charge in [-0.25, -0.2) is 0 Å². The van der Waals surface area contributed by atoms with E-state index in [1.165, 1.54) is 0 Å². The number of aromatic nitrogens is 1. The number of rotatable bonds is 3. The number of carbonyl (C=O) groups is 1. The van der Waals surface area contributed by atoms with E-state index in [4.69, 9.17) is 0 Å². The highest BCUT2D eigenvalue weighted by molar-refractivity contribution is 9.09. The van der Waals surface area contributed by atoms with Crippen LogP contribution in [0.15, 0.2) is 42.6 Å². The SMILES string of the molecule is Cc1cccc(C(=O)[C@H](Br)c2ccnc(C)c2)c1. The Morgan fingerprint density at radius 1 is 1.22 bits per heavy atom. The lowest BCUT2D eigenvalue weighted by molar-refractivity contribution is 0.0991. The average Bonchev–Trinajstić information content (AvgIpc) is 2.37. The van der Waals surface area contributed by atoms with Crippen LogP contribution in [0.5, 0.6) is 0 Å². The Bertz CT molecular complexity index is 580. The predicted octanol–water partition coefficient (Wildman–Crippen LogP) is 4.02. The van der Waals surface area contributed by atoms with Crippen LogP contribution < -0.4 is 0 Å². The first-order valence-electron chi connectivity index (χ1n) is 5.75. The molecule has 0 spiro atoms. The summed E-state index contributed by atoms with van der Waals surface area (Å²) in [6, 6.07) is 11.4. The van der Waals surface area contributed by atoms with Gasteiger partial charge >= 0.3 is 0 Å². The highest BCUT2D eigenvalue weighted by Crippen LogP contribution is 2.27. The Hall–Kier alpha value is -1.48. The van der Waals surface area contributed by atoms with Crippen molar-refractivity contribution in [2.24, 2.45) is 0 Å². The van der Waals surface area contributed by atoms with Crippen molar-refractivity contribution in [2.45, 2.75) is 18.7 Å². The molecule has 1 aromatic heterocycles. The second-order valence-electron chi connectivity index (χ2n) is 4.33. The van der Waals surface area contributed by atoms with E-state index in [0.29, 0.717) is 0 Å². The van der Waals surface area contributed by atoms with Crippen molar-refractivity contribution in [3.8, 4) is 0 Å². The molecule has 92 valence electrons. The molecule has 0 radical (unpaired) electrons. The Balaban J connectivity index is 2.29.